The minimum atomic E-state index is 0.0272. The van der Waals surface area contributed by atoms with Crippen molar-refractivity contribution in [2.24, 2.45) is 5.92 Å². The maximum absolute atomic E-state index is 5.96. The number of nitrogens with zero attached hydrogens (tertiary/aromatic N) is 2. The molecule has 0 aliphatic rings. The van der Waals surface area contributed by atoms with Crippen molar-refractivity contribution in [2.45, 2.75) is 40.2 Å². The lowest BCUT2D eigenvalue weighted by Crippen LogP contribution is -2.15. The fraction of sp³-hybridized carbons (Fsp3) is 0.714. The summed E-state index contributed by atoms with van der Waals surface area (Å²) in [4.78, 5) is 8.14. The van der Waals surface area contributed by atoms with Gasteiger partial charge in [0.1, 0.15) is 12.0 Å². The first-order valence-corrected chi connectivity index (χ1v) is 7.09. The maximum Gasteiger partial charge on any atom is 0.242 e. The van der Waals surface area contributed by atoms with Crippen LogP contribution in [0.3, 0.4) is 0 Å². The molecule has 1 heterocycles. The van der Waals surface area contributed by atoms with Crippen LogP contribution in [0, 0.1) is 5.92 Å². The predicted octanol–water partition coefficient (Wildman–Crippen LogP) is 2.32. The Hall–Kier alpha value is -1.56. The Morgan fingerprint density at radius 1 is 1.20 bits per heavy atom. The van der Waals surface area contributed by atoms with Crippen molar-refractivity contribution < 1.29 is 9.47 Å². The summed E-state index contributed by atoms with van der Waals surface area (Å²) in [5.41, 5.74) is 6.39. The summed E-state index contributed by atoms with van der Waals surface area (Å²) in [7, 11) is 0. The molecule has 0 unspecified atom stereocenters. The zero-order chi connectivity index (χ0) is 15.0. The Balaban J connectivity index is 2.36. The second-order valence-electron chi connectivity index (χ2n) is 5.33. The molecule has 0 saturated carbocycles. The molecule has 0 aromatic carbocycles. The van der Waals surface area contributed by atoms with Crippen LogP contribution in [0.4, 0.5) is 11.5 Å². The summed E-state index contributed by atoms with van der Waals surface area (Å²) < 4.78 is 11.0. The second-order valence-corrected chi connectivity index (χ2v) is 5.33. The number of hydrogen-bond acceptors (Lipinski definition) is 6. The van der Waals surface area contributed by atoms with E-state index in [0.717, 1.165) is 13.0 Å². The average Bonchev–Trinajstić information content (AvgIpc) is 2.36. The molecule has 0 atom stereocenters. The van der Waals surface area contributed by atoms with Gasteiger partial charge in [-0.25, -0.2) is 4.98 Å². The topological polar surface area (TPSA) is 82.3 Å². The van der Waals surface area contributed by atoms with Crippen LogP contribution in [-0.4, -0.2) is 35.8 Å². The number of ether oxygens (including phenoxy) is 2. The third kappa shape index (κ3) is 6.06. The lowest BCUT2D eigenvalue weighted by molar-refractivity contribution is 0.132. The summed E-state index contributed by atoms with van der Waals surface area (Å²) >= 11 is 0. The summed E-state index contributed by atoms with van der Waals surface area (Å²) in [6, 6.07) is 0. The number of nitrogens with two attached hydrogens (primary N) is 1. The Morgan fingerprint density at radius 2 is 1.95 bits per heavy atom. The molecule has 3 N–H and O–H groups in total. The summed E-state index contributed by atoms with van der Waals surface area (Å²) in [6.07, 6.45) is 2.54. The number of rotatable bonds is 9. The molecular formula is C14H26N4O2. The minimum absolute atomic E-state index is 0.0272. The van der Waals surface area contributed by atoms with E-state index >= 15 is 0 Å². The van der Waals surface area contributed by atoms with Crippen molar-refractivity contribution in [3.05, 3.63) is 6.33 Å². The van der Waals surface area contributed by atoms with E-state index in [1.165, 1.54) is 6.33 Å². The number of aromatic nitrogens is 2. The molecule has 0 radical (unpaired) electrons. The lowest BCUT2D eigenvalue weighted by atomic mass is 10.1. The van der Waals surface area contributed by atoms with E-state index < -0.39 is 0 Å². The largest absolute Gasteiger partial charge is 0.473 e. The van der Waals surface area contributed by atoms with Gasteiger partial charge in [0.05, 0.1) is 12.7 Å². The predicted molar refractivity (Wildman–Crippen MR) is 81.0 cm³/mol. The fourth-order valence-electron chi connectivity index (χ4n) is 1.50. The highest BCUT2D eigenvalue weighted by Crippen LogP contribution is 2.25. The second kappa shape index (κ2) is 8.58. The third-order valence-corrected chi connectivity index (χ3v) is 2.57. The van der Waals surface area contributed by atoms with Crippen LogP contribution in [0.1, 0.15) is 34.1 Å². The van der Waals surface area contributed by atoms with E-state index in [2.05, 4.69) is 29.1 Å². The Bertz CT molecular complexity index is 397. The van der Waals surface area contributed by atoms with Gasteiger partial charge in [-0.15, -0.1) is 0 Å². The molecule has 114 valence electrons. The quantitative estimate of drug-likeness (QED) is 0.676. The van der Waals surface area contributed by atoms with Crippen molar-refractivity contribution in [2.75, 3.05) is 30.8 Å². The van der Waals surface area contributed by atoms with Gasteiger partial charge in [0, 0.05) is 13.2 Å². The number of nitrogen functional groups attached to an aromatic ring is 1. The normalized spacial score (nSPS) is 11.1. The zero-order valence-electron chi connectivity index (χ0n) is 12.8. The van der Waals surface area contributed by atoms with Crippen LogP contribution in [-0.2, 0) is 4.74 Å². The Kier molecular flexibility index (Phi) is 7.08. The van der Waals surface area contributed by atoms with Gasteiger partial charge in [-0.05, 0) is 26.2 Å². The summed E-state index contributed by atoms with van der Waals surface area (Å²) in [5.74, 6) is 1.66. The molecule has 0 bridgehead atoms. The number of hydrogen-bond donors (Lipinski definition) is 2. The van der Waals surface area contributed by atoms with E-state index in [9.17, 15) is 0 Å². The molecule has 20 heavy (non-hydrogen) atoms. The van der Waals surface area contributed by atoms with Gasteiger partial charge in [-0.3, -0.25) is 0 Å². The van der Waals surface area contributed by atoms with E-state index in [-0.39, 0.29) is 6.10 Å². The van der Waals surface area contributed by atoms with E-state index in [4.69, 9.17) is 15.2 Å². The molecule has 6 nitrogen and oxygen atoms in total. The van der Waals surface area contributed by atoms with Gasteiger partial charge in [-0.2, -0.15) is 4.98 Å². The molecule has 6 heteroatoms. The third-order valence-electron chi connectivity index (χ3n) is 2.57. The van der Waals surface area contributed by atoms with Crippen LogP contribution >= 0.6 is 0 Å². The highest BCUT2D eigenvalue weighted by molar-refractivity contribution is 5.66. The molecule has 0 saturated heterocycles. The monoisotopic (exact) mass is 282 g/mol. The number of nitrogens with one attached hydrogen (secondary N) is 1. The van der Waals surface area contributed by atoms with Crippen molar-refractivity contribution in [3.8, 4) is 5.88 Å². The number of anilines is 2. The average molecular weight is 282 g/mol. The van der Waals surface area contributed by atoms with E-state index in [0.29, 0.717) is 36.5 Å². The Labute approximate surface area is 121 Å². The smallest absolute Gasteiger partial charge is 0.242 e. The maximum atomic E-state index is 5.96. The van der Waals surface area contributed by atoms with Gasteiger partial charge < -0.3 is 20.5 Å². The lowest BCUT2D eigenvalue weighted by Gasteiger charge is -2.13. The first-order chi connectivity index (χ1) is 9.50. The van der Waals surface area contributed by atoms with Crippen LogP contribution in [0.5, 0.6) is 5.88 Å². The van der Waals surface area contributed by atoms with Crippen LogP contribution < -0.4 is 15.8 Å². The highest BCUT2D eigenvalue weighted by atomic mass is 16.5. The van der Waals surface area contributed by atoms with Gasteiger partial charge in [0.2, 0.25) is 5.88 Å². The molecule has 0 spiro atoms. The van der Waals surface area contributed by atoms with E-state index in [1.54, 1.807) is 0 Å². The van der Waals surface area contributed by atoms with E-state index in [1.807, 2.05) is 13.8 Å². The van der Waals surface area contributed by atoms with Crippen molar-refractivity contribution >= 4 is 11.5 Å². The van der Waals surface area contributed by atoms with Crippen LogP contribution in [0.25, 0.3) is 0 Å². The molecule has 1 aromatic heterocycles. The SMILES string of the molecule is CC(C)CCOCCNc1ncnc(OC(C)C)c1N. The summed E-state index contributed by atoms with van der Waals surface area (Å²) in [5, 5.41) is 3.13. The van der Waals surface area contributed by atoms with Crippen molar-refractivity contribution in [1.29, 1.82) is 0 Å². The van der Waals surface area contributed by atoms with Gasteiger partial charge in [-0.1, -0.05) is 13.8 Å². The highest BCUT2D eigenvalue weighted by Gasteiger charge is 2.10. The van der Waals surface area contributed by atoms with Crippen LogP contribution in [0.15, 0.2) is 6.33 Å². The van der Waals surface area contributed by atoms with Gasteiger partial charge >= 0.3 is 0 Å². The molecule has 0 aliphatic heterocycles. The van der Waals surface area contributed by atoms with Crippen molar-refractivity contribution in [1.82, 2.24) is 9.97 Å². The first-order valence-electron chi connectivity index (χ1n) is 7.09. The first kappa shape index (κ1) is 16.5. The van der Waals surface area contributed by atoms with Crippen molar-refractivity contribution in [3.63, 3.8) is 0 Å². The van der Waals surface area contributed by atoms with Gasteiger partial charge in [0.25, 0.3) is 0 Å². The summed E-state index contributed by atoms with van der Waals surface area (Å²) in [6.45, 7) is 10.3. The minimum Gasteiger partial charge on any atom is -0.473 e. The van der Waals surface area contributed by atoms with Gasteiger partial charge in [0.15, 0.2) is 5.82 Å². The molecule has 0 amide bonds. The van der Waals surface area contributed by atoms with Crippen LogP contribution in [0.2, 0.25) is 0 Å². The molecule has 1 aromatic rings. The Morgan fingerprint density at radius 3 is 2.60 bits per heavy atom. The molecular weight excluding hydrogens is 256 g/mol. The fourth-order valence-corrected chi connectivity index (χ4v) is 1.50. The zero-order valence-corrected chi connectivity index (χ0v) is 12.8. The standard InChI is InChI=1S/C14H26N4O2/c1-10(2)5-7-19-8-6-16-13-12(15)14(18-9-17-13)20-11(3)4/h9-11H,5-8,15H2,1-4H3,(H,16,17,18). The molecule has 0 fully saturated rings. The molecule has 0 aliphatic carbocycles. The molecule has 1 rings (SSSR count).